The largest absolute Gasteiger partial charge is 0.263 e. The first-order valence-corrected chi connectivity index (χ1v) is 9.21. The first-order chi connectivity index (χ1) is 10.6. The number of hydrogen-bond acceptors (Lipinski definition) is 2. The van der Waals surface area contributed by atoms with Crippen molar-refractivity contribution in [2.75, 3.05) is 5.75 Å². The van der Waals surface area contributed by atoms with Gasteiger partial charge < -0.3 is 0 Å². The lowest BCUT2D eigenvalue weighted by molar-refractivity contribution is 0.684. The van der Waals surface area contributed by atoms with Gasteiger partial charge in [-0.25, -0.2) is 0 Å². The van der Waals surface area contributed by atoms with Gasteiger partial charge in [0, 0.05) is 21.7 Å². The highest BCUT2D eigenvalue weighted by molar-refractivity contribution is 8.00. The molecule has 22 heavy (non-hydrogen) atoms. The fourth-order valence-corrected chi connectivity index (χ4v) is 4.37. The lowest BCUT2D eigenvalue weighted by Crippen LogP contribution is -1.97. The number of aromatic nitrogens is 1. The number of hydrogen-bond donors (Lipinski definition) is 0. The van der Waals surface area contributed by atoms with Crippen LogP contribution >= 0.6 is 0 Å². The maximum Gasteiger partial charge on any atom is 0.0705 e. The quantitative estimate of drug-likeness (QED) is 0.590. The van der Waals surface area contributed by atoms with Gasteiger partial charge in [-0.3, -0.25) is 9.19 Å². The molecule has 1 aliphatic rings. The summed E-state index contributed by atoms with van der Waals surface area (Å²) in [4.78, 5) is 5.35. The molecule has 0 saturated carbocycles. The number of aryl methyl sites for hydroxylation is 2. The van der Waals surface area contributed by atoms with Gasteiger partial charge in [-0.15, -0.1) is 0 Å². The molecule has 4 rings (SSSR count). The third-order valence-corrected chi connectivity index (χ3v) is 5.88. The smallest absolute Gasteiger partial charge is 0.0705 e. The van der Waals surface area contributed by atoms with Crippen LogP contribution in [0.4, 0.5) is 0 Å². The van der Waals surface area contributed by atoms with Crippen LogP contribution < -0.4 is 0 Å². The fourth-order valence-electron chi connectivity index (χ4n) is 2.63. The zero-order valence-corrected chi connectivity index (χ0v) is 13.5. The fraction of sp³-hybridized carbons (Fsp3) is 0.158. The minimum atomic E-state index is -1.91. The van der Waals surface area contributed by atoms with Crippen LogP contribution in [0, 0.1) is 6.92 Å². The standard InChI is InChI=1S/C10H9N.C9H10OS/c1-8-6-7-9-4-2-3-5-10(9)11-8;1-11(10)7-6-8-4-2-3-5-9(8)11/h2-7H,1H3;2-5H,1,6-7H2. The van der Waals surface area contributed by atoms with Crippen LogP contribution in [0.2, 0.25) is 0 Å². The second-order valence-corrected chi connectivity index (χ2v) is 7.99. The van der Waals surface area contributed by atoms with E-state index in [0.29, 0.717) is 0 Å². The molecule has 2 nitrogen and oxygen atoms in total. The van der Waals surface area contributed by atoms with E-state index in [0.717, 1.165) is 28.3 Å². The first-order valence-electron chi connectivity index (χ1n) is 7.31. The molecule has 112 valence electrons. The Kier molecular flexibility index (Phi) is 3.99. The Morgan fingerprint density at radius 1 is 1.00 bits per heavy atom. The summed E-state index contributed by atoms with van der Waals surface area (Å²) in [5.41, 5.74) is 3.36. The highest BCUT2D eigenvalue weighted by Crippen LogP contribution is 2.24. The molecule has 3 aromatic rings. The van der Waals surface area contributed by atoms with Gasteiger partial charge in [-0.1, -0.05) is 42.5 Å². The highest BCUT2D eigenvalue weighted by Gasteiger charge is 2.19. The Balaban J connectivity index is 0.000000131. The van der Waals surface area contributed by atoms with Crippen LogP contribution in [0.3, 0.4) is 0 Å². The van der Waals surface area contributed by atoms with Crippen LogP contribution in [0.25, 0.3) is 10.9 Å². The van der Waals surface area contributed by atoms with Crippen LogP contribution in [0.1, 0.15) is 11.3 Å². The summed E-state index contributed by atoms with van der Waals surface area (Å²) < 4.78 is 11.7. The van der Waals surface area contributed by atoms with E-state index in [4.69, 9.17) is 0 Å². The summed E-state index contributed by atoms with van der Waals surface area (Å²) in [6.45, 7) is 2.01. The zero-order valence-electron chi connectivity index (χ0n) is 12.7. The number of fused-ring (bicyclic) bond motifs is 2. The van der Waals surface area contributed by atoms with E-state index in [9.17, 15) is 4.21 Å². The summed E-state index contributed by atoms with van der Waals surface area (Å²) in [6.07, 6.45) is 0.929. The maximum absolute atomic E-state index is 11.7. The molecule has 1 aliphatic heterocycles. The summed E-state index contributed by atoms with van der Waals surface area (Å²) in [5, 5.41) is 1.21. The van der Waals surface area contributed by atoms with Crippen molar-refractivity contribution in [1.29, 1.82) is 0 Å². The summed E-state index contributed by atoms with van der Waals surface area (Å²) in [6, 6.07) is 20.1. The first kappa shape index (κ1) is 14.8. The van der Waals surface area contributed by atoms with Gasteiger partial charge >= 0.3 is 0 Å². The van der Waals surface area contributed by atoms with Crippen LogP contribution in [0.5, 0.6) is 0 Å². The van der Waals surface area contributed by atoms with Crippen molar-refractivity contribution < 1.29 is 4.21 Å². The average molecular weight is 309 g/mol. The van der Waals surface area contributed by atoms with Gasteiger partial charge in [-0.05, 0) is 52.5 Å². The summed E-state index contributed by atoms with van der Waals surface area (Å²) in [7, 11) is -1.91. The van der Waals surface area contributed by atoms with Gasteiger partial charge in [0.25, 0.3) is 0 Å². The summed E-state index contributed by atoms with van der Waals surface area (Å²) >= 11 is 0. The molecule has 1 atom stereocenters. The van der Waals surface area contributed by atoms with E-state index < -0.39 is 9.52 Å². The average Bonchev–Trinajstić information content (AvgIpc) is 2.84. The minimum Gasteiger partial charge on any atom is -0.263 e. The topological polar surface area (TPSA) is 30.0 Å². The van der Waals surface area contributed by atoms with Crippen molar-refractivity contribution in [1.82, 2.24) is 4.98 Å². The molecule has 2 aromatic carbocycles. The van der Waals surface area contributed by atoms with E-state index in [-0.39, 0.29) is 0 Å². The second kappa shape index (κ2) is 5.93. The van der Waals surface area contributed by atoms with E-state index >= 15 is 0 Å². The number of benzene rings is 2. The molecule has 0 N–H and O–H groups in total. The van der Waals surface area contributed by atoms with Gasteiger partial charge in [0.2, 0.25) is 0 Å². The van der Waals surface area contributed by atoms with E-state index in [2.05, 4.69) is 23.0 Å². The van der Waals surface area contributed by atoms with Crippen molar-refractivity contribution >= 4 is 26.3 Å². The van der Waals surface area contributed by atoms with Gasteiger partial charge in [0.1, 0.15) is 0 Å². The Labute approximate surface area is 131 Å². The molecular weight excluding hydrogens is 290 g/mol. The van der Waals surface area contributed by atoms with Crippen molar-refractivity contribution in [3.63, 3.8) is 0 Å². The molecular formula is C19H19NOS. The molecule has 0 radical (unpaired) electrons. The van der Waals surface area contributed by atoms with Crippen molar-refractivity contribution in [2.45, 2.75) is 18.2 Å². The Morgan fingerprint density at radius 2 is 1.73 bits per heavy atom. The number of nitrogens with zero attached hydrogens (tertiary/aromatic N) is 1. The monoisotopic (exact) mass is 309 g/mol. The third kappa shape index (κ3) is 3.04. The highest BCUT2D eigenvalue weighted by atomic mass is 32.2. The zero-order chi connectivity index (χ0) is 15.6. The Morgan fingerprint density at radius 3 is 2.55 bits per heavy atom. The summed E-state index contributed by atoms with van der Waals surface area (Å²) in [5.74, 6) is 4.47. The molecule has 0 spiro atoms. The van der Waals surface area contributed by atoms with Crippen molar-refractivity contribution in [3.8, 4) is 0 Å². The molecule has 0 aliphatic carbocycles. The van der Waals surface area contributed by atoms with Gasteiger partial charge in [0.15, 0.2) is 0 Å². The van der Waals surface area contributed by atoms with Gasteiger partial charge in [0.05, 0.1) is 5.52 Å². The molecule has 2 heterocycles. The number of rotatable bonds is 0. The predicted molar refractivity (Wildman–Crippen MR) is 95.0 cm³/mol. The van der Waals surface area contributed by atoms with E-state index in [1.807, 2.05) is 55.5 Å². The van der Waals surface area contributed by atoms with E-state index in [1.165, 1.54) is 10.9 Å². The molecule has 0 bridgehead atoms. The lowest BCUT2D eigenvalue weighted by atomic mass is 10.2. The number of pyridine rings is 1. The molecule has 1 unspecified atom stereocenters. The van der Waals surface area contributed by atoms with Crippen LogP contribution in [-0.2, 0) is 15.9 Å². The molecule has 0 fully saturated rings. The lowest BCUT2D eigenvalue weighted by Gasteiger charge is -1.98. The van der Waals surface area contributed by atoms with Crippen molar-refractivity contribution in [3.05, 3.63) is 71.9 Å². The number of para-hydroxylation sites is 1. The second-order valence-electron chi connectivity index (χ2n) is 5.52. The Hall–Kier alpha value is -2.13. The minimum absolute atomic E-state index is 0.729. The molecule has 0 amide bonds. The van der Waals surface area contributed by atoms with Crippen molar-refractivity contribution in [2.24, 2.45) is 0 Å². The molecule has 1 aromatic heterocycles. The van der Waals surface area contributed by atoms with Crippen LogP contribution in [0.15, 0.2) is 65.6 Å². The van der Waals surface area contributed by atoms with Gasteiger partial charge in [-0.2, -0.15) is 0 Å². The third-order valence-electron chi connectivity index (χ3n) is 3.81. The normalized spacial score (nSPS) is 19.3. The predicted octanol–water partition coefficient (Wildman–Crippen LogP) is 3.86. The van der Waals surface area contributed by atoms with E-state index in [1.54, 1.807) is 0 Å². The Bertz CT molecular complexity index is 913. The van der Waals surface area contributed by atoms with Crippen LogP contribution in [-0.4, -0.2) is 20.8 Å². The molecule has 3 heteroatoms. The SMILES string of the molecule is C=S1(=O)CCc2ccccc21.Cc1ccc2ccccc2n1. The molecule has 0 saturated heterocycles. The maximum atomic E-state index is 11.7.